The molecule has 122 valence electrons. The minimum Gasteiger partial charge on any atom is -0.454 e. The molecule has 0 spiro atoms. The lowest BCUT2D eigenvalue weighted by atomic mass is 10.1. The number of carbonyl (C=O) groups is 1. The maximum Gasteiger partial charge on any atom is 0.268 e. The third kappa shape index (κ3) is 2.27. The average molecular weight is 324 g/mol. The van der Waals surface area contributed by atoms with Gasteiger partial charge in [-0.15, -0.1) is 0 Å². The van der Waals surface area contributed by atoms with Crippen LogP contribution >= 0.6 is 0 Å². The van der Waals surface area contributed by atoms with Crippen LogP contribution in [0.25, 0.3) is 5.69 Å². The first-order valence-electron chi connectivity index (χ1n) is 7.72. The highest BCUT2D eigenvalue weighted by Gasteiger charge is 2.23. The summed E-state index contributed by atoms with van der Waals surface area (Å²) in [6.07, 6.45) is 5.52. The minimum atomic E-state index is -0.328. The average Bonchev–Trinajstić information content (AvgIpc) is 3.26. The quantitative estimate of drug-likeness (QED) is 0.792. The SMILES string of the molecule is Cc1ccn(-c2ccc3c(c2)OCO3)c(=O)c1C(=O)N1CC=CC1. The second-order valence-corrected chi connectivity index (χ2v) is 5.77. The van der Waals surface area contributed by atoms with E-state index in [1.165, 1.54) is 4.57 Å². The Morgan fingerprint density at radius 1 is 1.08 bits per heavy atom. The van der Waals surface area contributed by atoms with Crippen molar-refractivity contribution in [2.24, 2.45) is 0 Å². The molecule has 1 amide bonds. The maximum absolute atomic E-state index is 12.9. The predicted octanol–water partition coefficient (Wildman–Crippen LogP) is 1.89. The van der Waals surface area contributed by atoms with Gasteiger partial charge in [0.2, 0.25) is 6.79 Å². The van der Waals surface area contributed by atoms with E-state index in [-0.39, 0.29) is 23.8 Å². The molecule has 2 aromatic rings. The number of rotatable bonds is 2. The fourth-order valence-corrected chi connectivity index (χ4v) is 2.93. The fraction of sp³-hybridized carbons (Fsp3) is 0.222. The van der Waals surface area contributed by atoms with Gasteiger partial charge in [0.25, 0.3) is 11.5 Å². The number of hydrogen-bond donors (Lipinski definition) is 0. The largest absolute Gasteiger partial charge is 0.454 e. The lowest BCUT2D eigenvalue weighted by molar-refractivity contribution is 0.0797. The summed E-state index contributed by atoms with van der Waals surface area (Å²) < 4.78 is 12.1. The van der Waals surface area contributed by atoms with Gasteiger partial charge in [-0.1, -0.05) is 12.2 Å². The molecule has 0 saturated carbocycles. The third-order valence-electron chi connectivity index (χ3n) is 4.25. The number of aryl methyl sites for hydroxylation is 1. The van der Waals surface area contributed by atoms with Crippen molar-refractivity contribution in [3.63, 3.8) is 0 Å². The molecule has 4 rings (SSSR count). The second kappa shape index (κ2) is 5.56. The van der Waals surface area contributed by atoms with E-state index in [4.69, 9.17) is 9.47 Å². The van der Waals surface area contributed by atoms with Gasteiger partial charge in [0.05, 0.1) is 5.69 Å². The lowest BCUT2D eigenvalue weighted by Crippen LogP contribution is -2.35. The Bertz CT molecular complexity index is 906. The van der Waals surface area contributed by atoms with E-state index in [0.29, 0.717) is 35.8 Å². The Balaban J connectivity index is 1.79. The number of pyridine rings is 1. The number of amides is 1. The Kier molecular flexibility index (Phi) is 3.37. The summed E-state index contributed by atoms with van der Waals surface area (Å²) in [5.74, 6) is 1.01. The van der Waals surface area contributed by atoms with Crippen LogP contribution < -0.4 is 15.0 Å². The van der Waals surface area contributed by atoms with Crippen molar-refractivity contribution in [3.05, 3.63) is 64.1 Å². The summed E-state index contributed by atoms with van der Waals surface area (Å²) in [6, 6.07) is 7.05. The highest BCUT2D eigenvalue weighted by molar-refractivity contribution is 5.95. The molecular formula is C18H16N2O4. The van der Waals surface area contributed by atoms with Gasteiger partial charge in [-0.05, 0) is 30.7 Å². The molecule has 0 fully saturated rings. The Hall–Kier alpha value is -3.02. The zero-order valence-corrected chi connectivity index (χ0v) is 13.2. The van der Waals surface area contributed by atoms with Gasteiger partial charge in [0, 0.05) is 25.4 Å². The van der Waals surface area contributed by atoms with Crippen LogP contribution in [-0.2, 0) is 0 Å². The molecule has 6 nitrogen and oxygen atoms in total. The zero-order chi connectivity index (χ0) is 16.7. The maximum atomic E-state index is 12.9. The van der Waals surface area contributed by atoms with Crippen molar-refractivity contribution in [1.82, 2.24) is 9.47 Å². The topological polar surface area (TPSA) is 60.8 Å². The number of carbonyl (C=O) groups excluding carboxylic acids is 1. The summed E-state index contributed by atoms with van der Waals surface area (Å²) >= 11 is 0. The summed E-state index contributed by atoms with van der Waals surface area (Å²) in [7, 11) is 0. The van der Waals surface area contributed by atoms with Crippen LogP contribution in [0.3, 0.4) is 0 Å². The van der Waals surface area contributed by atoms with Crippen LogP contribution in [0, 0.1) is 6.92 Å². The standard InChI is InChI=1S/C18H16N2O4/c1-12-6-9-20(13-4-5-14-15(10-13)24-11-23-14)18(22)16(12)17(21)19-7-2-3-8-19/h2-6,9-10H,7-8,11H2,1H3. The summed E-state index contributed by atoms with van der Waals surface area (Å²) in [5, 5.41) is 0. The van der Waals surface area contributed by atoms with Crippen molar-refractivity contribution in [3.8, 4) is 17.2 Å². The van der Waals surface area contributed by atoms with E-state index in [0.717, 1.165) is 0 Å². The van der Waals surface area contributed by atoms with E-state index in [9.17, 15) is 9.59 Å². The molecule has 2 aliphatic rings. The van der Waals surface area contributed by atoms with Crippen molar-refractivity contribution in [1.29, 1.82) is 0 Å². The first-order chi connectivity index (χ1) is 11.6. The summed E-state index contributed by atoms with van der Waals surface area (Å²) in [6.45, 7) is 3.03. The van der Waals surface area contributed by atoms with E-state index < -0.39 is 0 Å². The van der Waals surface area contributed by atoms with Crippen molar-refractivity contribution in [2.75, 3.05) is 19.9 Å². The van der Waals surface area contributed by atoms with Crippen molar-refractivity contribution < 1.29 is 14.3 Å². The fourth-order valence-electron chi connectivity index (χ4n) is 2.93. The summed E-state index contributed by atoms with van der Waals surface area (Å²) in [5.41, 5.74) is 1.19. The van der Waals surface area contributed by atoms with Gasteiger partial charge in [-0.25, -0.2) is 0 Å². The molecule has 0 unspecified atom stereocenters. The Morgan fingerprint density at radius 3 is 2.62 bits per heavy atom. The zero-order valence-electron chi connectivity index (χ0n) is 13.2. The third-order valence-corrected chi connectivity index (χ3v) is 4.25. The molecule has 1 aromatic carbocycles. The monoisotopic (exact) mass is 324 g/mol. The number of aromatic nitrogens is 1. The van der Waals surface area contributed by atoms with E-state index in [1.807, 2.05) is 12.2 Å². The van der Waals surface area contributed by atoms with E-state index in [2.05, 4.69) is 0 Å². The molecule has 0 aliphatic carbocycles. The van der Waals surface area contributed by atoms with Crippen LogP contribution in [0.1, 0.15) is 15.9 Å². The van der Waals surface area contributed by atoms with Crippen molar-refractivity contribution >= 4 is 5.91 Å². The molecule has 0 bridgehead atoms. The molecule has 24 heavy (non-hydrogen) atoms. The number of hydrogen-bond acceptors (Lipinski definition) is 4. The predicted molar refractivity (Wildman–Crippen MR) is 87.9 cm³/mol. The van der Waals surface area contributed by atoms with Crippen LogP contribution in [0.2, 0.25) is 0 Å². The van der Waals surface area contributed by atoms with Crippen LogP contribution in [0.5, 0.6) is 11.5 Å². The van der Waals surface area contributed by atoms with E-state index >= 15 is 0 Å². The lowest BCUT2D eigenvalue weighted by Gasteiger charge is -2.17. The molecule has 0 saturated heterocycles. The van der Waals surface area contributed by atoms with Crippen molar-refractivity contribution in [2.45, 2.75) is 6.92 Å². The normalized spacial score (nSPS) is 15.1. The second-order valence-electron chi connectivity index (χ2n) is 5.77. The number of nitrogens with zero attached hydrogens (tertiary/aromatic N) is 2. The number of benzene rings is 1. The first kappa shape index (κ1) is 14.6. The van der Waals surface area contributed by atoms with Gasteiger partial charge in [0.1, 0.15) is 5.56 Å². The van der Waals surface area contributed by atoms with Gasteiger partial charge in [-0.3, -0.25) is 14.2 Å². The van der Waals surface area contributed by atoms with Gasteiger partial charge in [-0.2, -0.15) is 0 Å². The first-order valence-corrected chi connectivity index (χ1v) is 7.72. The van der Waals surface area contributed by atoms with Crippen LogP contribution in [0.4, 0.5) is 0 Å². The molecule has 0 N–H and O–H groups in total. The summed E-state index contributed by atoms with van der Waals surface area (Å²) in [4.78, 5) is 27.2. The van der Waals surface area contributed by atoms with Crippen LogP contribution in [0.15, 0.2) is 47.4 Å². The molecule has 1 aromatic heterocycles. The Labute approximate surface area is 138 Å². The van der Waals surface area contributed by atoms with Gasteiger partial charge < -0.3 is 14.4 Å². The molecule has 0 atom stereocenters. The smallest absolute Gasteiger partial charge is 0.268 e. The Morgan fingerprint density at radius 2 is 1.83 bits per heavy atom. The highest BCUT2D eigenvalue weighted by Crippen LogP contribution is 2.33. The molecule has 3 heterocycles. The van der Waals surface area contributed by atoms with Gasteiger partial charge in [0.15, 0.2) is 11.5 Å². The minimum absolute atomic E-state index is 0.174. The van der Waals surface area contributed by atoms with Crippen LogP contribution in [-0.4, -0.2) is 35.3 Å². The number of ether oxygens (including phenoxy) is 2. The number of fused-ring (bicyclic) bond motifs is 1. The molecule has 0 radical (unpaired) electrons. The van der Waals surface area contributed by atoms with Gasteiger partial charge >= 0.3 is 0 Å². The van der Waals surface area contributed by atoms with E-state index in [1.54, 1.807) is 42.3 Å². The molecular weight excluding hydrogens is 308 g/mol. The molecule has 2 aliphatic heterocycles. The molecule has 6 heteroatoms. The highest BCUT2D eigenvalue weighted by atomic mass is 16.7.